The lowest BCUT2D eigenvalue weighted by Crippen LogP contribution is -2.32. The highest BCUT2D eigenvalue weighted by atomic mass is 19.4. The zero-order valence-corrected chi connectivity index (χ0v) is 12.3. The summed E-state index contributed by atoms with van der Waals surface area (Å²) in [6, 6.07) is 8.58. The minimum absolute atomic E-state index is 0.0266. The molecule has 0 radical (unpaired) electrons. The maximum Gasteiger partial charge on any atom is 0.456 e. The van der Waals surface area contributed by atoms with Gasteiger partial charge in [0.1, 0.15) is 0 Å². The lowest BCUT2D eigenvalue weighted by Gasteiger charge is -2.26. The quantitative estimate of drug-likeness (QED) is 0.798. The van der Waals surface area contributed by atoms with Crippen LogP contribution in [0.2, 0.25) is 0 Å². The molecule has 2 heterocycles. The van der Waals surface area contributed by atoms with Gasteiger partial charge >= 0.3 is 6.18 Å². The number of alkyl halides is 3. The summed E-state index contributed by atoms with van der Waals surface area (Å²) in [6.07, 6.45) is -2.27. The molecule has 1 fully saturated rings. The van der Waals surface area contributed by atoms with Crippen molar-refractivity contribution in [3.05, 3.63) is 36.0 Å². The maximum absolute atomic E-state index is 12.8. The fourth-order valence-electron chi connectivity index (χ4n) is 2.61. The number of ketones is 1. The van der Waals surface area contributed by atoms with Gasteiger partial charge in [0, 0.05) is 18.7 Å². The minimum atomic E-state index is -4.98. The number of rotatable bonds is 3. The van der Waals surface area contributed by atoms with E-state index in [1.165, 1.54) is 0 Å². The molecule has 1 aromatic carbocycles. The van der Waals surface area contributed by atoms with Crippen LogP contribution in [0.4, 0.5) is 19.1 Å². The lowest BCUT2D eigenvalue weighted by molar-refractivity contribution is -0.0887. The third-order valence-corrected chi connectivity index (χ3v) is 3.75. The predicted octanol–water partition coefficient (Wildman–Crippen LogP) is 4.08. The van der Waals surface area contributed by atoms with Crippen molar-refractivity contribution in [2.75, 3.05) is 18.0 Å². The van der Waals surface area contributed by atoms with Gasteiger partial charge < -0.3 is 9.32 Å². The number of halogens is 3. The van der Waals surface area contributed by atoms with Crippen LogP contribution in [0.15, 0.2) is 34.7 Å². The highest BCUT2D eigenvalue weighted by molar-refractivity contribution is 6.02. The van der Waals surface area contributed by atoms with Gasteiger partial charge in [-0.15, -0.1) is 0 Å². The van der Waals surface area contributed by atoms with Crippen molar-refractivity contribution < 1.29 is 22.4 Å². The van der Waals surface area contributed by atoms with Crippen LogP contribution in [0.3, 0.4) is 0 Å². The van der Waals surface area contributed by atoms with Crippen LogP contribution in [-0.2, 0) is 0 Å². The molecule has 1 aliphatic heterocycles. The first-order chi connectivity index (χ1) is 11.0. The first-order valence-corrected chi connectivity index (χ1v) is 7.39. The Morgan fingerprint density at radius 1 is 1.09 bits per heavy atom. The Bertz CT molecular complexity index is 689. The summed E-state index contributed by atoms with van der Waals surface area (Å²) in [4.78, 5) is 17.2. The number of carbonyl (C=O) groups excluding carboxylic acids is 1. The van der Waals surface area contributed by atoms with Crippen molar-refractivity contribution >= 4 is 11.7 Å². The van der Waals surface area contributed by atoms with Gasteiger partial charge in [-0.1, -0.05) is 18.2 Å². The van der Waals surface area contributed by atoms with Crippen LogP contribution in [0, 0.1) is 0 Å². The number of aromatic nitrogens is 1. The molecule has 0 N–H and O–H groups in total. The monoisotopic (exact) mass is 324 g/mol. The molecule has 0 saturated carbocycles. The van der Waals surface area contributed by atoms with Gasteiger partial charge in [0.25, 0.3) is 5.78 Å². The number of piperidine rings is 1. The van der Waals surface area contributed by atoms with Gasteiger partial charge in [0.2, 0.25) is 11.8 Å². The Morgan fingerprint density at radius 2 is 1.74 bits per heavy atom. The summed E-state index contributed by atoms with van der Waals surface area (Å²) >= 11 is 0. The van der Waals surface area contributed by atoms with Crippen LogP contribution < -0.4 is 4.90 Å². The number of hydrogen-bond acceptors (Lipinski definition) is 4. The second kappa shape index (κ2) is 6.06. The van der Waals surface area contributed by atoms with E-state index in [4.69, 9.17) is 4.42 Å². The molecule has 4 nitrogen and oxygen atoms in total. The van der Waals surface area contributed by atoms with Crippen LogP contribution in [-0.4, -0.2) is 30.0 Å². The standard InChI is InChI=1S/C16H15F3N2O2/c17-16(18,19)13(22)12-15(21-9-5-2-6-10-21)23-14(20-12)11-7-3-1-4-8-11/h1,3-4,7-8H,2,5-6,9-10H2. The SMILES string of the molecule is O=C(c1nc(-c2ccccc2)oc1N1CCCCC1)C(F)(F)F. The van der Waals surface area contributed by atoms with Gasteiger partial charge in [0.05, 0.1) is 0 Å². The van der Waals surface area contributed by atoms with E-state index in [1.807, 2.05) is 0 Å². The smallest absolute Gasteiger partial charge is 0.420 e. The zero-order valence-electron chi connectivity index (χ0n) is 12.3. The predicted molar refractivity (Wildman–Crippen MR) is 78.4 cm³/mol. The van der Waals surface area contributed by atoms with Crippen molar-refractivity contribution in [1.82, 2.24) is 4.98 Å². The Balaban J connectivity index is 2.05. The molecule has 0 spiro atoms. The summed E-state index contributed by atoms with van der Waals surface area (Å²) in [6.45, 7) is 1.11. The van der Waals surface area contributed by atoms with Crippen molar-refractivity contribution in [2.45, 2.75) is 25.4 Å². The number of oxazole rings is 1. The number of nitrogens with zero attached hydrogens (tertiary/aromatic N) is 2. The molecule has 7 heteroatoms. The van der Waals surface area contributed by atoms with E-state index in [-0.39, 0.29) is 11.8 Å². The van der Waals surface area contributed by atoms with Crippen LogP contribution in [0.5, 0.6) is 0 Å². The van der Waals surface area contributed by atoms with Crippen molar-refractivity contribution in [3.63, 3.8) is 0 Å². The summed E-state index contributed by atoms with van der Waals surface area (Å²) in [5.74, 6) is -2.02. The fourth-order valence-corrected chi connectivity index (χ4v) is 2.61. The Hall–Kier alpha value is -2.31. The van der Waals surface area contributed by atoms with E-state index in [2.05, 4.69) is 4.98 Å². The molecule has 0 amide bonds. The highest BCUT2D eigenvalue weighted by Crippen LogP contribution is 2.33. The van der Waals surface area contributed by atoms with E-state index < -0.39 is 17.7 Å². The largest absolute Gasteiger partial charge is 0.456 e. The average Bonchev–Trinajstić information content (AvgIpc) is 3.00. The summed E-state index contributed by atoms with van der Waals surface area (Å²) in [5.41, 5.74) is -0.120. The molecule has 0 atom stereocenters. The second-order valence-corrected chi connectivity index (χ2v) is 5.41. The molecule has 1 aliphatic rings. The molecule has 1 aromatic heterocycles. The zero-order chi connectivity index (χ0) is 16.4. The molecule has 23 heavy (non-hydrogen) atoms. The van der Waals surface area contributed by atoms with E-state index in [0.29, 0.717) is 18.7 Å². The molecule has 0 bridgehead atoms. The van der Waals surface area contributed by atoms with Crippen molar-refractivity contribution in [1.29, 1.82) is 0 Å². The van der Waals surface area contributed by atoms with Crippen LogP contribution >= 0.6 is 0 Å². The molecular formula is C16H15F3N2O2. The number of benzene rings is 1. The maximum atomic E-state index is 12.8. The minimum Gasteiger partial charge on any atom is -0.420 e. The van der Waals surface area contributed by atoms with Crippen LogP contribution in [0.25, 0.3) is 11.5 Å². The molecule has 122 valence electrons. The normalized spacial score (nSPS) is 15.7. The Labute approximate surface area is 130 Å². The third-order valence-electron chi connectivity index (χ3n) is 3.75. The summed E-state index contributed by atoms with van der Waals surface area (Å²) in [7, 11) is 0. The highest BCUT2D eigenvalue weighted by Gasteiger charge is 2.44. The molecule has 2 aromatic rings. The molecule has 1 saturated heterocycles. The average molecular weight is 324 g/mol. The van der Waals surface area contributed by atoms with Gasteiger partial charge in [-0.3, -0.25) is 4.79 Å². The van der Waals surface area contributed by atoms with E-state index in [0.717, 1.165) is 19.3 Å². The third kappa shape index (κ3) is 3.23. The summed E-state index contributed by atoms with van der Waals surface area (Å²) < 4.78 is 44.1. The van der Waals surface area contributed by atoms with Gasteiger partial charge in [-0.2, -0.15) is 13.2 Å². The van der Waals surface area contributed by atoms with Gasteiger partial charge in [-0.05, 0) is 31.4 Å². The van der Waals surface area contributed by atoms with Crippen LogP contribution in [0.1, 0.15) is 29.8 Å². The molecule has 0 aliphatic carbocycles. The molecular weight excluding hydrogens is 309 g/mol. The van der Waals surface area contributed by atoms with Crippen molar-refractivity contribution in [3.8, 4) is 11.5 Å². The molecule has 3 rings (SSSR count). The van der Waals surface area contributed by atoms with Gasteiger partial charge in [-0.25, -0.2) is 4.98 Å². The van der Waals surface area contributed by atoms with Crippen molar-refractivity contribution in [2.24, 2.45) is 0 Å². The number of carbonyl (C=O) groups is 1. The molecule has 0 unspecified atom stereocenters. The van der Waals surface area contributed by atoms with E-state index in [9.17, 15) is 18.0 Å². The van der Waals surface area contributed by atoms with E-state index in [1.54, 1.807) is 35.2 Å². The Kier molecular flexibility index (Phi) is 4.11. The first-order valence-electron chi connectivity index (χ1n) is 7.39. The van der Waals surface area contributed by atoms with Gasteiger partial charge in [0.15, 0.2) is 5.69 Å². The first kappa shape index (κ1) is 15.6. The number of hydrogen-bond donors (Lipinski definition) is 0. The number of anilines is 1. The second-order valence-electron chi connectivity index (χ2n) is 5.41. The summed E-state index contributed by atoms with van der Waals surface area (Å²) in [5, 5.41) is 0. The lowest BCUT2D eigenvalue weighted by atomic mass is 10.1. The number of Topliss-reactive ketones (excluding diaryl/α,β-unsaturated/α-hetero) is 1. The topological polar surface area (TPSA) is 46.3 Å². The fraction of sp³-hybridized carbons (Fsp3) is 0.375. The Morgan fingerprint density at radius 3 is 2.35 bits per heavy atom. The van der Waals surface area contributed by atoms with E-state index >= 15 is 0 Å².